The maximum atomic E-state index is 12.7. The maximum Gasteiger partial charge on any atom is 0.264 e. The van der Waals surface area contributed by atoms with Crippen LogP contribution < -0.4 is 16.2 Å². The van der Waals surface area contributed by atoms with Gasteiger partial charge in [0, 0.05) is 18.7 Å². The molecule has 3 N–H and O–H groups in total. The van der Waals surface area contributed by atoms with Crippen LogP contribution in [0.2, 0.25) is 10.0 Å². The van der Waals surface area contributed by atoms with Gasteiger partial charge in [0.2, 0.25) is 0 Å². The zero-order chi connectivity index (χ0) is 20.1. The lowest BCUT2D eigenvalue weighted by Crippen LogP contribution is -2.32. The van der Waals surface area contributed by atoms with Crippen LogP contribution in [0.3, 0.4) is 0 Å². The molecule has 0 fully saturated rings. The molecule has 3 rings (SSSR count). The molecule has 0 atom stereocenters. The number of hydrogen-bond acceptors (Lipinski definition) is 5. The number of pyridine rings is 1. The van der Waals surface area contributed by atoms with Crippen LogP contribution in [0.4, 0.5) is 11.4 Å². The van der Waals surface area contributed by atoms with E-state index in [4.69, 9.17) is 27.9 Å². The van der Waals surface area contributed by atoms with Gasteiger partial charge in [0.25, 0.3) is 11.8 Å². The summed E-state index contributed by atoms with van der Waals surface area (Å²) in [6.45, 7) is -0.0735. The Kier molecular flexibility index (Phi) is 6.30. The van der Waals surface area contributed by atoms with Crippen molar-refractivity contribution in [3.05, 3.63) is 64.3 Å². The second kappa shape index (κ2) is 8.88. The summed E-state index contributed by atoms with van der Waals surface area (Å²) in [5.41, 5.74) is 7.16. The molecule has 1 aromatic heterocycles. The maximum absolute atomic E-state index is 12.7. The number of hydrogen-bond donors (Lipinski definition) is 3. The van der Waals surface area contributed by atoms with Gasteiger partial charge in [-0.2, -0.15) is 0 Å². The van der Waals surface area contributed by atoms with Crippen LogP contribution in [0, 0.1) is 0 Å². The minimum atomic E-state index is -0.448. The molecular formula is C19H16Cl2N4O3. The molecule has 0 aliphatic rings. The summed E-state index contributed by atoms with van der Waals surface area (Å²) in [5.74, 6) is -0.776. The summed E-state index contributed by atoms with van der Waals surface area (Å²) in [6, 6.07) is 11.8. The van der Waals surface area contributed by atoms with E-state index in [1.807, 2.05) is 6.07 Å². The van der Waals surface area contributed by atoms with E-state index in [1.165, 1.54) is 7.11 Å². The first-order valence-corrected chi connectivity index (χ1v) is 8.93. The van der Waals surface area contributed by atoms with Gasteiger partial charge >= 0.3 is 0 Å². The van der Waals surface area contributed by atoms with Gasteiger partial charge in [-0.1, -0.05) is 41.4 Å². The molecule has 0 spiro atoms. The molecule has 7 nitrogen and oxygen atoms in total. The molecule has 0 radical (unpaired) electrons. The smallest absolute Gasteiger partial charge is 0.264 e. The normalized spacial score (nSPS) is 10.5. The Morgan fingerprint density at radius 2 is 1.75 bits per heavy atom. The van der Waals surface area contributed by atoms with E-state index in [0.717, 1.165) is 0 Å². The van der Waals surface area contributed by atoms with Gasteiger partial charge < -0.3 is 10.1 Å². The molecule has 0 unspecified atom stereocenters. The van der Waals surface area contributed by atoms with Gasteiger partial charge in [0.15, 0.2) is 0 Å². The SMILES string of the molecule is COCC(=O)NNc1ccnc2c(NC(=O)c3c(Cl)cccc3Cl)cccc12. The third-order valence-electron chi connectivity index (χ3n) is 3.82. The largest absolute Gasteiger partial charge is 0.375 e. The Bertz CT molecular complexity index is 1020. The van der Waals surface area contributed by atoms with Crippen molar-refractivity contribution < 1.29 is 14.3 Å². The number of benzene rings is 2. The molecule has 2 amide bonds. The number of carbonyl (C=O) groups excluding carboxylic acids is 2. The number of halogens is 2. The zero-order valence-electron chi connectivity index (χ0n) is 14.8. The highest BCUT2D eigenvalue weighted by molar-refractivity contribution is 6.40. The van der Waals surface area contributed by atoms with Crippen LogP contribution in [0.5, 0.6) is 0 Å². The van der Waals surface area contributed by atoms with Crippen molar-refractivity contribution >= 4 is 57.3 Å². The van der Waals surface area contributed by atoms with Crippen molar-refractivity contribution in [1.82, 2.24) is 10.4 Å². The molecule has 1 heterocycles. The van der Waals surface area contributed by atoms with Crippen LogP contribution in [0.25, 0.3) is 10.9 Å². The number of para-hydroxylation sites is 1. The Morgan fingerprint density at radius 3 is 2.46 bits per heavy atom. The van der Waals surface area contributed by atoms with E-state index in [0.29, 0.717) is 22.3 Å². The van der Waals surface area contributed by atoms with Crippen LogP contribution in [-0.4, -0.2) is 30.5 Å². The number of hydrazine groups is 1. The number of nitrogens with zero attached hydrogens (tertiary/aromatic N) is 1. The second-order valence-corrected chi connectivity index (χ2v) is 6.53. The summed E-state index contributed by atoms with van der Waals surface area (Å²) in [6.07, 6.45) is 1.56. The van der Waals surface area contributed by atoms with E-state index in [2.05, 4.69) is 21.2 Å². The number of fused-ring (bicyclic) bond motifs is 1. The fraction of sp³-hybridized carbons (Fsp3) is 0.105. The molecule has 144 valence electrons. The highest BCUT2D eigenvalue weighted by atomic mass is 35.5. The molecule has 3 aromatic rings. The van der Waals surface area contributed by atoms with E-state index in [9.17, 15) is 9.59 Å². The summed E-state index contributed by atoms with van der Waals surface area (Å²) in [4.78, 5) is 28.6. The highest BCUT2D eigenvalue weighted by Gasteiger charge is 2.16. The predicted octanol–water partition coefficient (Wildman–Crippen LogP) is 3.88. The van der Waals surface area contributed by atoms with Gasteiger partial charge in [-0.25, -0.2) is 0 Å². The van der Waals surface area contributed by atoms with E-state index in [1.54, 1.807) is 42.6 Å². The molecule has 0 saturated carbocycles. The molecule has 0 saturated heterocycles. The van der Waals surface area contributed by atoms with E-state index < -0.39 is 5.91 Å². The number of ether oxygens (including phenoxy) is 1. The van der Waals surface area contributed by atoms with Gasteiger partial charge in [0.1, 0.15) is 6.61 Å². The van der Waals surface area contributed by atoms with Crippen LogP contribution >= 0.6 is 23.2 Å². The molecule has 28 heavy (non-hydrogen) atoms. The predicted molar refractivity (Wildman–Crippen MR) is 110 cm³/mol. The van der Waals surface area contributed by atoms with Crippen molar-refractivity contribution in [2.24, 2.45) is 0 Å². The monoisotopic (exact) mass is 418 g/mol. The Morgan fingerprint density at radius 1 is 1.04 bits per heavy atom. The Balaban J connectivity index is 1.90. The van der Waals surface area contributed by atoms with E-state index >= 15 is 0 Å². The van der Waals surface area contributed by atoms with Crippen molar-refractivity contribution in [3.8, 4) is 0 Å². The molecular weight excluding hydrogens is 403 g/mol. The number of anilines is 2. The average Bonchev–Trinajstić information content (AvgIpc) is 2.67. The fourth-order valence-corrected chi connectivity index (χ4v) is 3.16. The zero-order valence-corrected chi connectivity index (χ0v) is 16.3. The highest BCUT2D eigenvalue weighted by Crippen LogP contribution is 2.29. The first-order chi connectivity index (χ1) is 13.5. The third-order valence-corrected chi connectivity index (χ3v) is 4.45. The standard InChI is InChI=1S/C19H16Cl2N4O3/c1-28-10-16(26)25-24-14-8-9-22-18-11(14)4-2-7-15(18)23-19(27)17-12(20)5-3-6-13(17)21/h2-9H,10H2,1H3,(H,22,24)(H,23,27)(H,25,26). The quantitative estimate of drug-likeness (QED) is 0.528. The number of nitrogens with one attached hydrogen (secondary N) is 3. The molecule has 9 heteroatoms. The average molecular weight is 419 g/mol. The number of rotatable bonds is 6. The molecule has 0 aliphatic heterocycles. The number of amides is 2. The topological polar surface area (TPSA) is 92.3 Å². The lowest BCUT2D eigenvalue weighted by Gasteiger charge is -2.13. The Hall–Kier alpha value is -2.87. The van der Waals surface area contributed by atoms with Crippen LogP contribution in [0.1, 0.15) is 10.4 Å². The van der Waals surface area contributed by atoms with Crippen LogP contribution in [0.15, 0.2) is 48.7 Å². The molecule has 0 aliphatic carbocycles. The first-order valence-electron chi connectivity index (χ1n) is 8.18. The summed E-state index contributed by atoms with van der Waals surface area (Å²) in [5, 5.41) is 3.99. The Labute approximate surface area is 171 Å². The van der Waals surface area contributed by atoms with Gasteiger partial charge in [-0.05, 0) is 24.3 Å². The van der Waals surface area contributed by atoms with E-state index in [-0.39, 0.29) is 28.1 Å². The first kappa shape index (κ1) is 19.9. The van der Waals surface area contributed by atoms with Crippen LogP contribution in [-0.2, 0) is 9.53 Å². The number of carbonyl (C=O) groups is 2. The molecule has 0 bridgehead atoms. The van der Waals surface area contributed by atoms with Gasteiger partial charge in [0.05, 0.1) is 32.5 Å². The van der Waals surface area contributed by atoms with Crippen molar-refractivity contribution in [1.29, 1.82) is 0 Å². The van der Waals surface area contributed by atoms with Crippen molar-refractivity contribution in [2.75, 3.05) is 24.5 Å². The van der Waals surface area contributed by atoms with Crippen molar-refractivity contribution in [3.63, 3.8) is 0 Å². The van der Waals surface area contributed by atoms with Gasteiger partial charge in [-0.15, -0.1) is 0 Å². The number of methoxy groups -OCH3 is 1. The third kappa shape index (κ3) is 4.33. The van der Waals surface area contributed by atoms with Crippen molar-refractivity contribution in [2.45, 2.75) is 0 Å². The lowest BCUT2D eigenvalue weighted by atomic mass is 10.1. The minimum Gasteiger partial charge on any atom is -0.375 e. The summed E-state index contributed by atoms with van der Waals surface area (Å²) in [7, 11) is 1.43. The molecule has 2 aromatic carbocycles. The summed E-state index contributed by atoms with van der Waals surface area (Å²) >= 11 is 12.2. The minimum absolute atomic E-state index is 0.0735. The lowest BCUT2D eigenvalue weighted by molar-refractivity contribution is -0.124. The number of aromatic nitrogens is 1. The fourth-order valence-electron chi connectivity index (χ4n) is 2.59. The summed E-state index contributed by atoms with van der Waals surface area (Å²) < 4.78 is 4.77. The van der Waals surface area contributed by atoms with Gasteiger partial charge in [-0.3, -0.25) is 25.4 Å². The second-order valence-electron chi connectivity index (χ2n) is 5.72.